The van der Waals surface area contributed by atoms with Gasteiger partial charge in [0.1, 0.15) is 0 Å². The Labute approximate surface area is 127 Å². The average molecular weight is 292 g/mol. The number of rotatable bonds is 6. The highest BCUT2D eigenvalue weighted by Crippen LogP contribution is 2.21. The molecule has 1 aliphatic carbocycles. The molecule has 21 heavy (non-hydrogen) atoms. The highest BCUT2D eigenvalue weighted by atomic mass is 15.3. The molecule has 0 amide bonds. The Morgan fingerprint density at radius 2 is 1.67 bits per heavy atom. The zero-order valence-corrected chi connectivity index (χ0v) is 13.5. The molecule has 0 aliphatic heterocycles. The van der Waals surface area contributed by atoms with Crippen LogP contribution in [0.3, 0.4) is 0 Å². The summed E-state index contributed by atoms with van der Waals surface area (Å²) in [5.74, 6) is 2.05. The Kier molecular flexibility index (Phi) is 6.02. The van der Waals surface area contributed by atoms with Crippen LogP contribution < -0.4 is 15.5 Å². The van der Waals surface area contributed by atoms with Crippen LogP contribution in [0.25, 0.3) is 0 Å². The zero-order chi connectivity index (χ0) is 15.1. The molecule has 0 unspecified atom stereocenters. The molecule has 1 saturated carbocycles. The van der Waals surface area contributed by atoms with Crippen LogP contribution >= 0.6 is 0 Å². The van der Waals surface area contributed by atoms with Crippen molar-refractivity contribution in [2.24, 2.45) is 0 Å². The fourth-order valence-electron chi connectivity index (χ4n) is 2.55. The van der Waals surface area contributed by atoms with Crippen LogP contribution in [0.15, 0.2) is 0 Å². The molecule has 118 valence electrons. The lowest BCUT2D eigenvalue weighted by molar-refractivity contribution is 0.614. The molecule has 6 heteroatoms. The molecule has 0 spiro atoms. The van der Waals surface area contributed by atoms with Crippen molar-refractivity contribution in [1.82, 2.24) is 15.0 Å². The van der Waals surface area contributed by atoms with Crippen LogP contribution in [0, 0.1) is 0 Å². The number of hydrogen-bond donors (Lipinski definition) is 2. The van der Waals surface area contributed by atoms with Crippen molar-refractivity contribution in [3.63, 3.8) is 0 Å². The van der Waals surface area contributed by atoms with Gasteiger partial charge < -0.3 is 15.5 Å². The molecule has 6 nitrogen and oxygen atoms in total. The lowest BCUT2D eigenvalue weighted by atomic mass is 10.1. The summed E-state index contributed by atoms with van der Waals surface area (Å²) in [6.45, 7) is 3.01. The molecule has 0 bridgehead atoms. The van der Waals surface area contributed by atoms with Crippen molar-refractivity contribution in [2.45, 2.75) is 57.9 Å². The lowest BCUT2D eigenvalue weighted by Gasteiger charge is -2.18. The summed E-state index contributed by atoms with van der Waals surface area (Å²) in [7, 11) is 3.91. The van der Waals surface area contributed by atoms with Crippen LogP contribution in [0.2, 0.25) is 0 Å². The van der Waals surface area contributed by atoms with Gasteiger partial charge in [-0.1, -0.05) is 32.6 Å². The van der Waals surface area contributed by atoms with Gasteiger partial charge in [0.15, 0.2) is 0 Å². The van der Waals surface area contributed by atoms with E-state index in [1.807, 2.05) is 19.0 Å². The van der Waals surface area contributed by atoms with Gasteiger partial charge in [0.2, 0.25) is 17.8 Å². The summed E-state index contributed by atoms with van der Waals surface area (Å²) in [5, 5.41) is 6.75. The average Bonchev–Trinajstić information content (AvgIpc) is 2.73. The van der Waals surface area contributed by atoms with Crippen LogP contribution in [0.5, 0.6) is 0 Å². The van der Waals surface area contributed by atoms with E-state index >= 15 is 0 Å². The molecule has 0 radical (unpaired) electrons. The minimum atomic E-state index is 0.490. The maximum absolute atomic E-state index is 4.52. The molecule has 0 atom stereocenters. The topological polar surface area (TPSA) is 66.0 Å². The third-order valence-corrected chi connectivity index (χ3v) is 3.75. The van der Waals surface area contributed by atoms with E-state index in [0.717, 1.165) is 13.0 Å². The minimum Gasteiger partial charge on any atom is -0.354 e. The summed E-state index contributed by atoms with van der Waals surface area (Å²) in [6, 6.07) is 0.490. The second-order valence-electron chi connectivity index (χ2n) is 5.94. The summed E-state index contributed by atoms with van der Waals surface area (Å²) in [6.07, 6.45) is 8.76. The number of hydrogen-bond acceptors (Lipinski definition) is 6. The monoisotopic (exact) mass is 292 g/mol. The van der Waals surface area contributed by atoms with E-state index in [0.29, 0.717) is 23.9 Å². The Bertz CT molecular complexity index is 426. The van der Waals surface area contributed by atoms with E-state index in [1.165, 1.54) is 38.5 Å². The largest absolute Gasteiger partial charge is 0.354 e. The Hall–Kier alpha value is -1.59. The molecule has 1 aliphatic rings. The third-order valence-electron chi connectivity index (χ3n) is 3.75. The molecule has 1 fully saturated rings. The van der Waals surface area contributed by atoms with Gasteiger partial charge in [-0.05, 0) is 19.3 Å². The van der Waals surface area contributed by atoms with Crippen molar-refractivity contribution in [3.8, 4) is 0 Å². The first-order chi connectivity index (χ1) is 10.2. The first-order valence-electron chi connectivity index (χ1n) is 8.13. The van der Waals surface area contributed by atoms with Gasteiger partial charge in [0.25, 0.3) is 0 Å². The summed E-state index contributed by atoms with van der Waals surface area (Å²) < 4.78 is 0. The molecule has 2 rings (SSSR count). The van der Waals surface area contributed by atoms with E-state index in [1.54, 1.807) is 0 Å². The molecule has 2 N–H and O–H groups in total. The molecule has 0 aromatic carbocycles. The van der Waals surface area contributed by atoms with Gasteiger partial charge >= 0.3 is 0 Å². The second kappa shape index (κ2) is 8.00. The van der Waals surface area contributed by atoms with Gasteiger partial charge in [-0.2, -0.15) is 15.0 Å². The van der Waals surface area contributed by atoms with E-state index in [-0.39, 0.29) is 0 Å². The van der Waals surface area contributed by atoms with Crippen LogP contribution in [-0.2, 0) is 0 Å². The summed E-state index contributed by atoms with van der Waals surface area (Å²) >= 11 is 0. The molecular formula is C15H28N6. The van der Waals surface area contributed by atoms with Crippen molar-refractivity contribution >= 4 is 17.8 Å². The Morgan fingerprint density at radius 3 is 2.29 bits per heavy atom. The predicted octanol–water partition coefficient (Wildman–Crippen LogP) is 2.89. The fourth-order valence-corrected chi connectivity index (χ4v) is 2.55. The van der Waals surface area contributed by atoms with E-state index in [2.05, 4.69) is 32.5 Å². The molecule has 1 aromatic rings. The number of nitrogens with zero attached hydrogens (tertiary/aromatic N) is 4. The molecular weight excluding hydrogens is 264 g/mol. The SMILES string of the molecule is CCCNc1nc(NC2CCCCCC2)nc(N(C)C)n1. The predicted molar refractivity (Wildman–Crippen MR) is 88.0 cm³/mol. The maximum Gasteiger partial charge on any atom is 0.231 e. The fraction of sp³-hybridized carbons (Fsp3) is 0.800. The van der Waals surface area contributed by atoms with Gasteiger partial charge in [-0.15, -0.1) is 0 Å². The number of anilines is 3. The highest BCUT2D eigenvalue weighted by Gasteiger charge is 2.15. The summed E-state index contributed by atoms with van der Waals surface area (Å²) in [4.78, 5) is 15.4. The maximum atomic E-state index is 4.52. The summed E-state index contributed by atoms with van der Waals surface area (Å²) in [5.41, 5.74) is 0. The van der Waals surface area contributed by atoms with Gasteiger partial charge in [-0.25, -0.2) is 0 Å². The van der Waals surface area contributed by atoms with Gasteiger partial charge in [0.05, 0.1) is 0 Å². The second-order valence-corrected chi connectivity index (χ2v) is 5.94. The molecule has 0 saturated heterocycles. The third kappa shape index (κ3) is 5.02. The quantitative estimate of drug-likeness (QED) is 0.786. The van der Waals surface area contributed by atoms with E-state index < -0.39 is 0 Å². The Balaban J connectivity index is 2.10. The smallest absolute Gasteiger partial charge is 0.231 e. The van der Waals surface area contributed by atoms with Gasteiger partial charge in [0, 0.05) is 26.7 Å². The first-order valence-corrected chi connectivity index (χ1v) is 8.13. The number of nitrogens with one attached hydrogen (secondary N) is 2. The molecule has 1 heterocycles. The van der Waals surface area contributed by atoms with Crippen molar-refractivity contribution in [1.29, 1.82) is 0 Å². The minimum absolute atomic E-state index is 0.490. The number of aromatic nitrogens is 3. The van der Waals surface area contributed by atoms with Crippen molar-refractivity contribution in [2.75, 3.05) is 36.2 Å². The van der Waals surface area contributed by atoms with Crippen LogP contribution in [0.1, 0.15) is 51.9 Å². The zero-order valence-electron chi connectivity index (χ0n) is 13.5. The van der Waals surface area contributed by atoms with Crippen molar-refractivity contribution in [3.05, 3.63) is 0 Å². The lowest BCUT2D eigenvalue weighted by Crippen LogP contribution is -2.22. The standard InChI is InChI=1S/C15H28N6/c1-4-11-16-13-18-14(20-15(19-13)21(2)3)17-12-9-7-5-6-8-10-12/h12H,4-11H2,1-3H3,(H2,16,17,18,19,20). The normalized spacial score (nSPS) is 16.3. The van der Waals surface area contributed by atoms with Crippen LogP contribution in [-0.4, -0.2) is 41.6 Å². The van der Waals surface area contributed by atoms with Crippen LogP contribution in [0.4, 0.5) is 17.8 Å². The highest BCUT2D eigenvalue weighted by molar-refractivity contribution is 5.43. The molecule has 1 aromatic heterocycles. The van der Waals surface area contributed by atoms with Crippen molar-refractivity contribution < 1.29 is 0 Å². The first kappa shape index (κ1) is 15.8. The van der Waals surface area contributed by atoms with Gasteiger partial charge in [-0.3, -0.25) is 0 Å². The van der Waals surface area contributed by atoms with E-state index in [4.69, 9.17) is 0 Å². The Morgan fingerprint density at radius 1 is 1.00 bits per heavy atom. The van der Waals surface area contributed by atoms with E-state index in [9.17, 15) is 0 Å².